The highest BCUT2D eigenvalue weighted by atomic mass is 32.1. The molecule has 2 aromatic heterocycles. The quantitative estimate of drug-likeness (QED) is 0.646. The molecule has 1 aromatic carbocycles. The second-order valence-corrected chi connectivity index (χ2v) is 6.64. The van der Waals surface area contributed by atoms with Crippen LogP contribution in [0, 0.1) is 6.92 Å². The third-order valence-electron chi connectivity index (χ3n) is 3.81. The Kier molecular flexibility index (Phi) is 5.46. The molecule has 1 N–H and O–H groups in total. The van der Waals surface area contributed by atoms with Gasteiger partial charge in [0.1, 0.15) is 5.82 Å². The van der Waals surface area contributed by atoms with E-state index in [1.165, 1.54) is 16.0 Å². The lowest BCUT2D eigenvalue weighted by Crippen LogP contribution is -2.12. The molecule has 0 saturated heterocycles. The van der Waals surface area contributed by atoms with Gasteiger partial charge in [-0.2, -0.15) is 0 Å². The molecule has 2 heterocycles. The molecule has 1 unspecified atom stereocenters. The van der Waals surface area contributed by atoms with Crippen molar-refractivity contribution in [2.75, 3.05) is 11.9 Å². The van der Waals surface area contributed by atoms with Crippen LogP contribution in [0.5, 0.6) is 0 Å². The maximum absolute atomic E-state index is 11.7. The summed E-state index contributed by atoms with van der Waals surface area (Å²) in [5.41, 5.74) is 2.85. The molecular formula is C20H20N2O2S. The molecule has 128 valence electrons. The van der Waals surface area contributed by atoms with E-state index >= 15 is 0 Å². The van der Waals surface area contributed by atoms with E-state index in [1.54, 1.807) is 36.6 Å². The first-order valence-corrected chi connectivity index (χ1v) is 9.05. The van der Waals surface area contributed by atoms with E-state index < -0.39 is 0 Å². The zero-order valence-corrected chi connectivity index (χ0v) is 15.0. The van der Waals surface area contributed by atoms with Crippen LogP contribution in [0.3, 0.4) is 0 Å². The van der Waals surface area contributed by atoms with Crippen LogP contribution in [0.2, 0.25) is 0 Å². The Balaban J connectivity index is 1.83. The summed E-state index contributed by atoms with van der Waals surface area (Å²) in [6, 6.07) is 16.2. The van der Waals surface area contributed by atoms with Gasteiger partial charge >= 0.3 is 5.97 Å². The van der Waals surface area contributed by atoms with Gasteiger partial charge in [-0.3, -0.25) is 0 Å². The Morgan fingerprint density at radius 3 is 2.60 bits per heavy atom. The van der Waals surface area contributed by atoms with Crippen molar-refractivity contribution in [1.82, 2.24) is 4.98 Å². The predicted molar refractivity (Wildman–Crippen MR) is 101 cm³/mol. The number of hydrogen-bond acceptors (Lipinski definition) is 5. The molecule has 0 radical (unpaired) electrons. The van der Waals surface area contributed by atoms with E-state index in [4.69, 9.17) is 4.74 Å². The van der Waals surface area contributed by atoms with E-state index in [0.717, 1.165) is 0 Å². The first-order chi connectivity index (χ1) is 12.2. The first-order valence-electron chi connectivity index (χ1n) is 8.17. The van der Waals surface area contributed by atoms with Gasteiger partial charge in [0.05, 0.1) is 18.2 Å². The summed E-state index contributed by atoms with van der Waals surface area (Å²) < 4.78 is 4.99. The highest BCUT2D eigenvalue weighted by Crippen LogP contribution is 2.29. The van der Waals surface area contributed by atoms with Crippen LogP contribution in [0.15, 0.2) is 60.1 Å². The lowest BCUT2D eigenvalue weighted by molar-refractivity contribution is 0.0526. The second-order valence-electron chi connectivity index (χ2n) is 5.66. The number of rotatable bonds is 6. The van der Waals surface area contributed by atoms with Gasteiger partial charge < -0.3 is 10.1 Å². The van der Waals surface area contributed by atoms with Crippen molar-refractivity contribution in [2.45, 2.75) is 19.9 Å². The number of benzene rings is 1. The molecule has 3 rings (SSSR count). The molecule has 0 fully saturated rings. The number of carbonyl (C=O) groups is 1. The second kappa shape index (κ2) is 7.94. The van der Waals surface area contributed by atoms with Crippen LogP contribution >= 0.6 is 11.3 Å². The molecule has 1 atom stereocenters. The molecule has 0 bridgehead atoms. The van der Waals surface area contributed by atoms with Gasteiger partial charge in [0.2, 0.25) is 0 Å². The van der Waals surface area contributed by atoms with Crippen LogP contribution in [-0.2, 0) is 4.74 Å². The van der Waals surface area contributed by atoms with E-state index in [0.29, 0.717) is 18.0 Å². The highest BCUT2D eigenvalue weighted by molar-refractivity contribution is 7.10. The molecule has 0 amide bonds. The van der Waals surface area contributed by atoms with E-state index in [1.807, 2.05) is 6.07 Å². The van der Waals surface area contributed by atoms with E-state index in [9.17, 15) is 4.79 Å². The predicted octanol–water partition coefficient (Wildman–Crippen LogP) is 4.83. The Bertz CT molecular complexity index is 812. The molecule has 25 heavy (non-hydrogen) atoms. The number of thiophene rings is 1. The zero-order chi connectivity index (χ0) is 17.6. The summed E-state index contributed by atoms with van der Waals surface area (Å²) >= 11 is 1.70. The first kappa shape index (κ1) is 17.2. The number of aromatic nitrogens is 1. The van der Waals surface area contributed by atoms with Gasteiger partial charge in [-0.05, 0) is 43.0 Å². The van der Waals surface area contributed by atoms with E-state index in [2.05, 4.69) is 52.9 Å². The summed E-state index contributed by atoms with van der Waals surface area (Å²) in [5.74, 6) is 0.363. The number of nitrogens with one attached hydrogen (secondary N) is 1. The van der Waals surface area contributed by atoms with E-state index in [-0.39, 0.29) is 12.0 Å². The van der Waals surface area contributed by atoms with Gasteiger partial charge in [0, 0.05) is 11.1 Å². The molecular weight excluding hydrogens is 332 g/mol. The third-order valence-corrected chi connectivity index (χ3v) is 4.74. The lowest BCUT2D eigenvalue weighted by atomic mass is 10.0. The number of ether oxygens (including phenoxy) is 1. The minimum atomic E-state index is -0.352. The Morgan fingerprint density at radius 2 is 2.00 bits per heavy atom. The van der Waals surface area contributed by atoms with Gasteiger partial charge in [-0.1, -0.05) is 35.9 Å². The van der Waals surface area contributed by atoms with Crippen LogP contribution < -0.4 is 5.32 Å². The molecule has 0 aliphatic carbocycles. The topological polar surface area (TPSA) is 51.2 Å². The monoisotopic (exact) mass is 352 g/mol. The molecule has 3 aromatic rings. The highest BCUT2D eigenvalue weighted by Gasteiger charge is 2.16. The molecule has 0 spiro atoms. The average Bonchev–Trinajstić information content (AvgIpc) is 3.16. The molecule has 0 aliphatic rings. The zero-order valence-electron chi connectivity index (χ0n) is 14.2. The fourth-order valence-electron chi connectivity index (χ4n) is 2.50. The fraction of sp³-hybridized carbons (Fsp3) is 0.200. The summed E-state index contributed by atoms with van der Waals surface area (Å²) in [6.45, 7) is 4.22. The number of nitrogens with zero attached hydrogens (tertiary/aromatic N) is 1. The van der Waals surface area contributed by atoms with Crippen LogP contribution in [0.4, 0.5) is 5.82 Å². The number of esters is 1. The molecule has 5 heteroatoms. The number of carbonyl (C=O) groups excluding carboxylic acids is 1. The van der Waals surface area contributed by atoms with Crippen molar-refractivity contribution in [3.05, 3.63) is 81.7 Å². The van der Waals surface area contributed by atoms with Crippen LogP contribution in [0.1, 0.15) is 39.3 Å². The van der Waals surface area contributed by atoms with Gasteiger partial charge in [0.25, 0.3) is 0 Å². The van der Waals surface area contributed by atoms with Crippen molar-refractivity contribution >= 4 is 23.1 Å². The molecule has 0 saturated carbocycles. The Labute approximate surface area is 151 Å². The van der Waals surface area contributed by atoms with Gasteiger partial charge in [0.15, 0.2) is 0 Å². The minimum Gasteiger partial charge on any atom is -0.462 e. The number of anilines is 1. The Hall–Kier alpha value is -2.66. The van der Waals surface area contributed by atoms with Crippen LogP contribution in [-0.4, -0.2) is 17.6 Å². The van der Waals surface area contributed by atoms with Crippen molar-refractivity contribution < 1.29 is 9.53 Å². The van der Waals surface area contributed by atoms with Crippen LogP contribution in [0.25, 0.3) is 0 Å². The maximum Gasteiger partial charge on any atom is 0.339 e. The maximum atomic E-state index is 11.7. The number of aryl methyl sites for hydroxylation is 1. The SMILES string of the molecule is CCOC(=O)c1ccc(NC(c2ccc(C)cc2)c2cccs2)nc1. The third kappa shape index (κ3) is 4.25. The minimum absolute atomic E-state index is 0.0153. The van der Waals surface area contributed by atoms with Crippen molar-refractivity contribution in [3.8, 4) is 0 Å². The normalized spacial score (nSPS) is 11.8. The molecule has 4 nitrogen and oxygen atoms in total. The number of hydrogen-bond donors (Lipinski definition) is 1. The summed E-state index contributed by atoms with van der Waals surface area (Å²) in [5, 5.41) is 5.53. The standard InChI is InChI=1S/C20H20N2O2S/c1-3-24-20(23)16-10-11-18(21-13-16)22-19(17-5-4-12-25-17)15-8-6-14(2)7-9-15/h4-13,19H,3H2,1-2H3,(H,21,22). The van der Waals surface area contributed by atoms with Gasteiger partial charge in [-0.25, -0.2) is 9.78 Å². The smallest absolute Gasteiger partial charge is 0.339 e. The number of pyridine rings is 1. The largest absolute Gasteiger partial charge is 0.462 e. The summed E-state index contributed by atoms with van der Waals surface area (Å²) in [4.78, 5) is 17.3. The summed E-state index contributed by atoms with van der Waals surface area (Å²) in [6.07, 6.45) is 1.54. The van der Waals surface area contributed by atoms with Crippen molar-refractivity contribution in [3.63, 3.8) is 0 Å². The summed E-state index contributed by atoms with van der Waals surface area (Å²) in [7, 11) is 0. The van der Waals surface area contributed by atoms with Crippen molar-refractivity contribution in [1.29, 1.82) is 0 Å². The molecule has 0 aliphatic heterocycles. The van der Waals surface area contributed by atoms with Gasteiger partial charge in [-0.15, -0.1) is 11.3 Å². The average molecular weight is 352 g/mol. The fourth-order valence-corrected chi connectivity index (χ4v) is 3.30. The van der Waals surface area contributed by atoms with Crippen molar-refractivity contribution in [2.24, 2.45) is 0 Å². The lowest BCUT2D eigenvalue weighted by Gasteiger charge is -2.19. The Morgan fingerprint density at radius 1 is 1.20 bits per heavy atom.